The minimum Gasteiger partial charge on any atom is -0.354 e. The van der Waals surface area contributed by atoms with E-state index in [-0.39, 0.29) is 6.04 Å². The number of hydrogen-bond acceptors (Lipinski definition) is 5. The van der Waals surface area contributed by atoms with Crippen LogP contribution in [0, 0.1) is 6.92 Å². The molecule has 2 aromatic heterocycles. The number of nitrogens with zero attached hydrogens (tertiary/aromatic N) is 5. The van der Waals surface area contributed by atoms with E-state index in [0.29, 0.717) is 0 Å². The molecule has 0 bridgehead atoms. The van der Waals surface area contributed by atoms with Gasteiger partial charge in [-0.3, -0.25) is 0 Å². The summed E-state index contributed by atoms with van der Waals surface area (Å²) in [6.45, 7) is 3.84. The molecule has 1 atom stereocenters. The van der Waals surface area contributed by atoms with E-state index in [4.69, 9.17) is 5.73 Å². The molecule has 6 nitrogen and oxygen atoms in total. The number of anilines is 1. The first kappa shape index (κ1) is 13.2. The molecule has 0 spiro atoms. The molecular formula is C16H18N6. The highest BCUT2D eigenvalue weighted by Gasteiger charge is 2.23. The summed E-state index contributed by atoms with van der Waals surface area (Å²) in [6, 6.07) is 8.47. The summed E-state index contributed by atoms with van der Waals surface area (Å²) in [7, 11) is 0. The summed E-state index contributed by atoms with van der Waals surface area (Å²) in [5.74, 6) is 0.927. The Kier molecular flexibility index (Phi) is 3.04. The predicted molar refractivity (Wildman–Crippen MR) is 86.2 cm³/mol. The number of benzene rings is 1. The lowest BCUT2D eigenvalue weighted by Crippen LogP contribution is -2.27. The topological polar surface area (TPSA) is 72.9 Å². The lowest BCUT2D eigenvalue weighted by molar-refractivity contribution is 0.751. The zero-order valence-electron chi connectivity index (χ0n) is 12.5. The van der Waals surface area contributed by atoms with Crippen LogP contribution >= 0.6 is 0 Å². The number of hydrogen-bond donors (Lipinski definition) is 1. The number of fused-ring (bicyclic) bond motifs is 1. The van der Waals surface area contributed by atoms with Gasteiger partial charge in [0.05, 0.1) is 17.3 Å². The van der Waals surface area contributed by atoms with Crippen molar-refractivity contribution in [3.63, 3.8) is 0 Å². The number of aryl methyl sites for hydroxylation is 1. The van der Waals surface area contributed by atoms with Gasteiger partial charge in [-0.05, 0) is 25.5 Å². The maximum atomic E-state index is 6.01. The second-order valence-electron chi connectivity index (χ2n) is 5.82. The van der Waals surface area contributed by atoms with Gasteiger partial charge in [0.15, 0.2) is 5.65 Å². The molecule has 22 heavy (non-hydrogen) atoms. The molecule has 4 rings (SSSR count). The Balaban J connectivity index is 1.81. The van der Waals surface area contributed by atoms with Gasteiger partial charge in [-0.25, -0.2) is 14.6 Å². The van der Waals surface area contributed by atoms with E-state index in [1.54, 1.807) is 6.33 Å². The molecule has 3 heterocycles. The lowest BCUT2D eigenvalue weighted by Gasteiger charge is -2.17. The van der Waals surface area contributed by atoms with Gasteiger partial charge in [0.1, 0.15) is 12.1 Å². The second kappa shape index (κ2) is 5.06. The van der Waals surface area contributed by atoms with Gasteiger partial charge < -0.3 is 10.6 Å². The Labute approximate surface area is 128 Å². The smallest absolute Gasteiger partial charge is 0.168 e. The Morgan fingerprint density at radius 1 is 1.18 bits per heavy atom. The van der Waals surface area contributed by atoms with Crippen LogP contribution in [0.1, 0.15) is 12.0 Å². The van der Waals surface area contributed by atoms with Crippen LogP contribution in [0.25, 0.3) is 16.7 Å². The molecule has 1 aliphatic heterocycles. The van der Waals surface area contributed by atoms with Gasteiger partial charge in [0, 0.05) is 19.1 Å². The van der Waals surface area contributed by atoms with E-state index in [1.807, 2.05) is 10.9 Å². The van der Waals surface area contributed by atoms with E-state index >= 15 is 0 Å². The third-order valence-corrected chi connectivity index (χ3v) is 4.15. The molecular weight excluding hydrogens is 276 g/mol. The molecule has 1 fully saturated rings. The summed E-state index contributed by atoms with van der Waals surface area (Å²) in [6.07, 6.45) is 4.44. The van der Waals surface area contributed by atoms with Crippen LogP contribution < -0.4 is 10.6 Å². The summed E-state index contributed by atoms with van der Waals surface area (Å²) in [5, 5.41) is 5.47. The molecule has 1 saturated heterocycles. The second-order valence-corrected chi connectivity index (χ2v) is 5.82. The van der Waals surface area contributed by atoms with Crippen LogP contribution in [0.3, 0.4) is 0 Å². The average Bonchev–Trinajstić information content (AvgIpc) is 3.14. The van der Waals surface area contributed by atoms with Crippen molar-refractivity contribution in [3.8, 4) is 5.69 Å². The average molecular weight is 294 g/mol. The Hall–Kier alpha value is -2.47. The molecule has 112 valence electrons. The van der Waals surface area contributed by atoms with Crippen LogP contribution in [0.5, 0.6) is 0 Å². The first-order chi connectivity index (χ1) is 10.7. The van der Waals surface area contributed by atoms with Crippen LogP contribution in [-0.2, 0) is 0 Å². The first-order valence-electron chi connectivity index (χ1n) is 7.48. The van der Waals surface area contributed by atoms with Crippen molar-refractivity contribution in [1.29, 1.82) is 0 Å². The molecule has 3 aromatic rings. The first-order valence-corrected chi connectivity index (χ1v) is 7.48. The van der Waals surface area contributed by atoms with E-state index in [9.17, 15) is 0 Å². The van der Waals surface area contributed by atoms with Gasteiger partial charge in [0.25, 0.3) is 0 Å². The third kappa shape index (κ3) is 2.12. The normalized spacial score (nSPS) is 18.3. The van der Waals surface area contributed by atoms with Crippen molar-refractivity contribution in [2.24, 2.45) is 5.73 Å². The fourth-order valence-electron chi connectivity index (χ4n) is 2.94. The standard InChI is InChI=1S/C16H18N6/c1-11-2-4-13(5-3-11)22-16-14(8-20-22)15(18-10-19-16)21-7-6-12(17)9-21/h2-5,8,10,12H,6-7,9,17H2,1H3. The van der Waals surface area contributed by atoms with E-state index in [2.05, 4.69) is 51.2 Å². The highest BCUT2D eigenvalue weighted by atomic mass is 15.3. The molecule has 2 N–H and O–H groups in total. The number of nitrogens with two attached hydrogens (primary N) is 1. The van der Waals surface area contributed by atoms with Crippen LogP contribution in [0.4, 0.5) is 5.82 Å². The van der Waals surface area contributed by atoms with Crippen LogP contribution in [0.15, 0.2) is 36.8 Å². The molecule has 0 aliphatic carbocycles. The zero-order valence-corrected chi connectivity index (χ0v) is 12.5. The van der Waals surface area contributed by atoms with Gasteiger partial charge in [-0.2, -0.15) is 5.10 Å². The fourth-order valence-corrected chi connectivity index (χ4v) is 2.94. The quantitative estimate of drug-likeness (QED) is 0.778. The number of rotatable bonds is 2. The monoisotopic (exact) mass is 294 g/mol. The predicted octanol–water partition coefficient (Wildman–Crippen LogP) is 1.66. The SMILES string of the molecule is Cc1ccc(-n2ncc3c(N4CCC(N)C4)ncnc32)cc1. The van der Waals surface area contributed by atoms with Gasteiger partial charge in [-0.15, -0.1) is 0 Å². The number of aromatic nitrogens is 4. The molecule has 1 aliphatic rings. The molecule has 0 saturated carbocycles. The highest BCUT2D eigenvalue weighted by molar-refractivity contribution is 5.87. The van der Waals surface area contributed by atoms with E-state index < -0.39 is 0 Å². The van der Waals surface area contributed by atoms with Crippen molar-refractivity contribution in [1.82, 2.24) is 19.7 Å². The van der Waals surface area contributed by atoms with Crippen molar-refractivity contribution >= 4 is 16.9 Å². The van der Waals surface area contributed by atoms with Crippen LogP contribution in [-0.4, -0.2) is 38.9 Å². The maximum absolute atomic E-state index is 6.01. The summed E-state index contributed by atoms with van der Waals surface area (Å²) >= 11 is 0. The summed E-state index contributed by atoms with van der Waals surface area (Å²) < 4.78 is 1.86. The van der Waals surface area contributed by atoms with E-state index in [0.717, 1.165) is 42.0 Å². The minimum atomic E-state index is 0.220. The lowest BCUT2D eigenvalue weighted by atomic mass is 10.2. The third-order valence-electron chi connectivity index (χ3n) is 4.15. The maximum Gasteiger partial charge on any atom is 0.168 e. The van der Waals surface area contributed by atoms with Gasteiger partial charge >= 0.3 is 0 Å². The Morgan fingerprint density at radius 3 is 2.73 bits per heavy atom. The largest absolute Gasteiger partial charge is 0.354 e. The Morgan fingerprint density at radius 2 is 2.00 bits per heavy atom. The molecule has 1 unspecified atom stereocenters. The van der Waals surface area contributed by atoms with Gasteiger partial charge in [0.2, 0.25) is 0 Å². The zero-order chi connectivity index (χ0) is 15.1. The van der Waals surface area contributed by atoms with E-state index in [1.165, 1.54) is 5.56 Å². The molecule has 1 aromatic carbocycles. The Bertz CT molecular complexity index is 807. The molecule has 0 radical (unpaired) electrons. The van der Waals surface area contributed by atoms with Crippen molar-refractivity contribution < 1.29 is 0 Å². The summed E-state index contributed by atoms with van der Waals surface area (Å²) in [5.41, 5.74) is 9.07. The highest BCUT2D eigenvalue weighted by Crippen LogP contribution is 2.26. The summed E-state index contributed by atoms with van der Waals surface area (Å²) in [4.78, 5) is 11.1. The fraction of sp³-hybridized carbons (Fsp3) is 0.312. The van der Waals surface area contributed by atoms with Crippen molar-refractivity contribution in [2.45, 2.75) is 19.4 Å². The van der Waals surface area contributed by atoms with Gasteiger partial charge in [-0.1, -0.05) is 17.7 Å². The van der Waals surface area contributed by atoms with Crippen LogP contribution in [0.2, 0.25) is 0 Å². The molecule has 6 heteroatoms. The van der Waals surface area contributed by atoms with Crippen molar-refractivity contribution in [3.05, 3.63) is 42.4 Å². The molecule has 0 amide bonds. The minimum absolute atomic E-state index is 0.220. The van der Waals surface area contributed by atoms with Crippen molar-refractivity contribution in [2.75, 3.05) is 18.0 Å².